The molecule has 0 radical (unpaired) electrons. The van der Waals surface area contributed by atoms with Crippen molar-refractivity contribution >= 4 is 29.8 Å². The molecule has 1 aromatic carbocycles. The molecular formula is C18H23FN3O4P. The minimum Gasteiger partial charge on any atom is -0.445 e. The Labute approximate surface area is 156 Å². The van der Waals surface area contributed by atoms with Crippen molar-refractivity contribution in [1.82, 2.24) is 9.55 Å². The first-order valence-corrected chi connectivity index (χ1v) is 10.3. The summed E-state index contributed by atoms with van der Waals surface area (Å²) < 4.78 is 33.1. The third-order valence-corrected chi connectivity index (χ3v) is 5.12. The van der Waals surface area contributed by atoms with Crippen molar-refractivity contribution in [3.63, 3.8) is 0 Å². The molecule has 146 valence electrons. The number of rotatable bonds is 5. The molecule has 0 bridgehead atoms. The van der Waals surface area contributed by atoms with Crippen molar-refractivity contribution in [3.8, 4) is 11.6 Å². The molecule has 0 aliphatic carbocycles. The Morgan fingerprint density at radius 1 is 1.30 bits per heavy atom. The molecule has 7 nitrogen and oxygen atoms in total. The topological polar surface area (TPSA) is 115 Å². The predicted octanol–water partition coefficient (Wildman–Crippen LogP) is 3.60. The van der Waals surface area contributed by atoms with Gasteiger partial charge in [0.15, 0.2) is 11.6 Å². The van der Waals surface area contributed by atoms with Crippen LogP contribution >= 0.6 is 7.60 Å². The van der Waals surface area contributed by atoms with Crippen LogP contribution in [-0.4, -0.2) is 19.3 Å². The number of hydrogen-bond donors (Lipinski definition) is 3. The minimum absolute atomic E-state index is 0.0281. The Morgan fingerprint density at radius 2 is 1.96 bits per heavy atom. The third-order valence-electron chi connectivity index (χ3n) is 4.30. The van der Waals surface area contributed by atoms with Crippen molar-refractivity contribution < 1.29 is 23.2 Å². The number of fused-ring (bicyclic) bond motifs is 1. The van der Waals surface area contributed by atoms with E-state index in [0.717, 1.165) is 5.56 Å². The maximum Gasteiger partial charge on any atom is 0.391 e. The third kappa shape index (κ3) is 3.52. The number of imidazole rings is 1. The Hall–Kier alpha value is -2.15. The Bertz CT molecular complexity index is 1050. The van der Waals surface area contributed by atoms with Crippen LogP contribution in [0.15, 0.2) is 22.6 Å². The second kappa shape index (κ2) is 6.78. The highest BCUT2D eigenvalue weighted by Crippen LogP contribution is 2.38. The van der Waals surface area contributed by atoms with Gasteiger partial charge in [0.2, 0.25) is 5.50 Å². The Kier molecular flexibility index (Phi) is 4.93. The molecule has 2 heterocycles. The number of furan rings is 1. The van der Waals surface area contributed by atoms with Gasteiger partial charge in [0.05, 0.1) is 11.2 Å². The SMILES string of the molecule is CC(C)Cn1c(-c2ccc(P(=O)(O)O)o2)nc2c(N)c(F)cc(C(C)C)c21. The van der Waals surface area contributed by atoms with Gasteiger partial charge in [-0.2, -0.15) is 0 Å². The second-order valence-electron chi connectivity index (χ2n) is 7.33. The van der Waals surface area contributed by atoms with Crippen LogP contribution in [0.3, 0.4) is 0 Å². The van der Waals surface area contributed by atoms with Gasteiger partial charge in [0.1, 0.15) is 11.3 Å². The van der Waals surface area contributed by atoms with E-state index >= 15 is 0 Å². The summed E-state index contributed by atoms with van der Waals surface area (Å²) in [6.07, 6.45) is 0. The van der Waals surface area contributed by atoms with Crippen molar-refractivity contribution in [2.24, 2.45) is 5.92 Å². The molecule has 2 aromatic heterocycles. The number of halogens is 1. The van der Waals surface area contributed by atoms with Gasteiger partial charge in [0, 0.05) is 6.54 Å². The van der Waals surface area contributed by atoms with Crippen LogP contribution < -0.4 is 11.2 Å². The lowest BCUT2D eigenvalue weighted by Crippen LogP contribution is -2.08. The van der Waals surface area contributed by atoms with Gasteiger partial charge in [-0.25, -0.2) is 9.37 Å². The summed E-state index contributed by atoms with van der Waals surface area (Å²) in [7, 11) is -4.53. The summed E-state index contributed by atoms with van der Waals surface area (Å²) in [5.74, 6) is 0.281. The molecule has 4 N–H and O–H groups in total. The van der Waals surface area contributed by atoms with Crippen LogP contribution in [0.2, 0.25) is 0 Å². The van der Waals surface area contributed by atoms with E-state index in [1.807, 2.05) is 32.3 Å². The molecule has 9 heteroatoms. The van der Waals surface area contributed by atoms with Crippen LogP contribution in [0, 0.1) is 11.7 Å². The first-order valence-electron chi connectivity index (χ1n) is 8.65. The quantitative estimate of drug-likeness (QED) is 0.449. The lowest BCUT2D eigenvalue weighted by atomic mass is 10.00. The molecule has 0 spiro atoms. The maximum atomic E-state index is 14.3. The van der Waals surface area contributed by atoms with E-state index in [1.165, 1.54) is 18.2 Å². The Balaban J connectivity index is 2.35. The summed E-state index contributed by atoms with van der Waals surface area (Å²) in [6, 6.07) is 4.10. The summed E-state index contributed by atoms with van der Waals surface area (Å²) in [4.78, 5) is 23.1. The standard InChI is InChI=1S/C18H23FN3O4P/c1-9(2)8-22-17-11(10(3)4)7-12(19)15(20)16(17)21-18(22)13-5-6-14(26-13)27(23,24)25/h5-7,9-10H,8,20H2,1-4H3,(H2,23,24,25). The van der Waals surface area contributed by atoms with E-state index in [0.29, 0.717) is 23.4 Å². The largest absolute Gasteiger partial charge is 0.445 e. The van der Waals surface area contributed by atoms with Gasteiger partial charge in [-0.3, -0.25) is 4.57 Å². The number of hydrogen-bond acceptors (Lipinski definition) is 4. The van der Waals surface area contributed by atoms with Crippen LogP contribution in [0.5, 0.6) is 0 Å². The van der Waals surface area contributed by atoms with E-state index in [2.05, 4.69) is 4.98 Å². The molecule has 0 aliphatic rings. The highest BCUT2D eigenvalue weighted by Gasteiger charge is 2.26. The first-order chi connectivity index (χ1) is 12.5. The average Bonchev–Trinajstić information content (AvgIpc) is 3.15. The molecular weight excluding hydrogens is 372 g/mol. The van der Waals surface area contributed by atoms with Crippen molar-refractivity contribution in [3.05, 3.63) is 29.6 Å². The zero-order chi connectivity index (χ0) is 20.1. The number of aromatic nitrogens is 2. The molecule has 27 heavy (non-hydrogen) atoms. The smallest absolute Gasteiger partial charge is 0.391 e. The van der Waals surface area contributed by atoms with E-state index in [9.17, 15) is 18.7 Å². The molecule has 3 aromatic rings. The zero-order valence-corrected chi connectivity index (χ0v) is 16.5. The normalized spacial score (nSPS) is 12.6. The molecule has 3 rings (SSSR count). The van der Waals surface area contributed by atoms with E-state index in [-0.39, 0.29) is 23.3 Å². The van der Waals surface area contributed by atoms with E-state index in [1.54, 1.807) is 0 Å². The van der Waals surface area contributed by atoms with Gasteiger partial charge in [-0.05, 0) is 35.6 Å². The molecule has 0 fully saturated rings. The molecule has 0 saturated heterocycles. The molecule has 0 atom stereocenters. The molecule has 0 amide bonds. The first kappa shape index (κ1) is 19.6. The highest BCUT2D eigenvalue weighted by atomic mass is 31.2. The van der Waals surface area contributed by atoms with Gasteiger partial charge in [-0.1, -0.05) is 27.7 Å². The van der Waals surface area contributed by atoms with Gasteiger partial charge >= 0.3 is 7.60 Å². The molecule has 0 unspecified atom stereocenters. The van der Waals surface area contributed by atoms with Gasteiger partial charge in [0.25, 0.3) is 0 Å². The maximum absolute atomic E-state index is 14.3. The van der Waals surface area contributed by atoms with Crippen LogP contribution in [0.4, 0.5) is 10.1 Å². The molecule has 0 aliphatic heterocycles. The van der Waals surface area contributed by atoms with E-state index < -0.39 is 18.9 Å². The van der Waals surface area contributed by atoms with Crippen molar-refractivity contribution in [1.29, 1.82) is 0 Å². The second-order valence-corrected chi connectivity index (χ2v) is 8.86. The number of benzene rings is 1. The van der Waals surface area contributed by atoms with Crippen molar-refractivity contribution in [2.45, 2.75) is 40.2 Å². The fraction of sp³-hybridized carbons (Fsp3) is 0.389. The minimum atomic E-state index is -4.53. The van der Waals surface area contributed by atoms with Crippen LogP contribution in [0.1, 0.15) is 39.2 Å². The number of nitrogen functional groups attached to an aromatic ring is 1. The summed E-state index contributed by atoms with van der Waals surface area (Å²) in [5.41, 5.74) is 7.24. The summed E-state index contributed by atoms with van der Waals surface area (Å²) in [5, 5.41) is 0. The molecule has 0 saturated carbocycles. The van der Waals surface area contributed by atoms with E-state index in [4.69, 9.17) is 10.2 Å². The number of nitrogens with zero attached hydrogens (tertiary/aromatic N) is 2. The lowest BCUT2D eigenvalue weighted by Gasteiger charge is -2.15. The zero-order valence-electron chi connectivity index (χ0n) is 15.6. The fourth-order valence-electron chi connectivity index (χ4n) is 3.10. The summed E-state index contributed by atoms with van der Waals surface area (Å²) >= 11 is 0. The van der Waals surface area contributed by atoms with Crippen molar-refractivity contribution in [2.75, 3.05) is 5.73 Å². The fourth-order valence-corrected chi connectivity index (χ4v) is 3.59. The van der Waals surface area contributed by atoms with Crippen LogP contribution in [0.25, 0.3) is 22.6 Å². The van der Waals surface area contributed by atoms with Gasteiger partial charge in [-0.15, -0.1) is 0 Å². The average molecular weight is 395 g/mol. The Morgan fingerprint density at radius 3 is 2.48 bits per heavy atom. The number of anilines is 1. The number of nitrogens with two attached hydrogens (primary N) is 1. The van der Waals surface area contributed by atoms with Crippen LogP contribution in [-0.2, 0) is 11.1 Å². The monoisotopic (exact) mass is 395 g/mol. The predicted molar refractivity (Wildman–Crippen MR) is 102 cm³/mol. The van der Waals surface area contributed by atoms with Gasteiger partial charge < -0.3 is 24.5 Å². The lowest BCUT2D eigenvalue weighted by molar-refractivity contribution is 0.377. The summed E-state index contributed by atoms with van der Waals surface area (Å²) in [6.45, 7) is 8.52. The highest BCUT2D eigenvalue weighted by molar-refractivity contribution is 7.59.